The zero-order chi connectivity index (χ0) is 20.1. The van der Waals surface area contributed by atoms with Gasteiger partial charge in [0.15, 0.2) is 0 Å². The van der Waals surface area contributed by atoms with Crippen molar-refractivity contribution in [3.8, 4) is 0 Å². The second-order valence-corrected chi connectivity index (χ2v) is 7.42. The number of benzene rings is 2. The maximum absolute atomic E-state index is 12.9. The third kappa shape index (κ3) is 4.45. The van der Waals surface area contributed by atoms with Crippen LogP contribution in [-0.2, 0) is 4.79 Å². The summed E-state index contributed by atoms with van der Waals surface area (Å²) in [5, 5.41) is 10.8. The largest absolute Gasteiger partial charge is 0.319 e. The number of fused-ring (bicyclic) bond motifs is 1. The number of nitrogens with one attached hydrogen (secondary N) is 1. The van der Waals surface area contributed by atoms with Crippen molar-refractivity contribution in [2.24, 2.45) is 5.10 Å². The van der Waals surface area contributed by atoms with E-state index in [1.54, 1.807) is 6.20 Å². The van der Waals surface area contributed by atoms with Crippen molar-refractivity contribution in [2.75, 3.05) is 11.9 Å². The molecule has 4 rings (SSSR count). The molecule has 0 radical (unpaired) electrons. The van der Waals surface area contributed by atoms with Gasteiger partial charge in [0, 0.05) is 18.4 Å². The number of amides is 1. The van der Waals surface area contributed by atoms with E-state index < -0.39 is 0 Å². The van der Waals surface area contributed by atoms with Crippen molar-refractivity contribution in [1.82, 2.24) is 9.99 Å². The molecule has 3 aromatic rings. The SMILES string of the molecule is CCCCCN1N=C(C(=O)Nc2cnc3ccccc3c2)CC1c1ccccc1. The molecule has 0 spiro atoms. The first-order valence-corrected chi connectivity index (χ1v) is 10.3. The molecular formula is C24H26N4O. The summed E-state index contributed by atoms with van der Waals surface area (Å²) < 4.78 is 0. The Morgan fingerprint density at radius 1 is 1.10 bits per heavy atom. The predicted molar refractivity (Wildman–Crippen MR) is 118 cm³/mol. The molecule has 0 saturated heterocycles. The first-order chi connectivity index (χ1) is 14.2. The Morgan fingerprint density at radius 2 is 1.90 bits per heavy atom. The summed E-state index contributed by atoms with van der Waals surface area (Å²) in [5.41, 5.74) is 3.37. The van der Waals surface area contributed by atoms with Crippen LogP contribution in [-0.4, -0.2) is 28.2 Å². The van der Waals surface area contributed by atoms with Crippen LogP contribution in [0.2, 0.25) is 0 Å². The maximum atomic E-state index is 12.9. The molecule has 2 aromatic carbocycles. The molecule has 1 atom stereocenters. The average molecular weight is 386 g/mol. The van der Waals surface area contributed by atoms with Crippen molar-refractivity contribution in [3.63, 3.8) is 0 Å². The Balaban J connectivity index is 1.50. The average Bonchev–Trinajstić information content (AvgIpc) is 3.19. The zero-order valence-electron chi connectivity index (χ0n) is 16.7. The summed E-state index contributed by atoms with van der Waals surface area (Å²) in [6.07, 6.45) is 5.72. The number of unbranched alkanes of at least 4 members (excludes halogenated alkanes) is 2. The third-order valence-electron chi connectivity index (χ3n) is 5.28. The Bertz CT molecular complexity index is 1020. The molecule has 29 heavy (non-hydrogen) atoms. The first kappa shape index (κ1) is 19.1. The van der Waals surface area contributed by atoms with Crippen LogP contribution in [0.3, 0.4) is 0 Å². The second-order valence-electron chi connectivity index (χ2n) is 7.42. The molecule has 1 aliphatic heterocycles. The lowest BCUT2D eigenvalue weighted by Crippen LogP contribution is -2.22. The monoisotopic (exact) mass is 386 g/mol. The van der Waals surface area contributed by atoms with Crippen LogP contribution < -0.4 is 5.32 Å². The number of pyridine rings is 1. The van der Waals surface area contributed by atoms with E-state index in [-0.39, 0.29) is 11.9 Å². The van der Waals surface area contributed by atoms with E-state index in [0.29, 0.717) is 17.8 Å². The molecule has 0 fully saturated rings. The van der Waals surface area contributed by atoms with Crippen LogP contribution in [0.5, 0.6) is 0 Å². The first-order valence-electron chi connectivity index (χ1n) is 10.3. The van der Waals surface area contributed by atoms with Gasteiger partial charge in [-0.05, 0) is 24.1 Å². The normalized spacial score (nSPS) is 16.1. The lowest BCUT2D eigenvalue weighted by Gasteiger charge is -2.23. The summed E-state index contributed by atoms with van der Waals surface area (Å²) in [6, 6.07) is 20.3. The highest BCUT2D eigenvalue weighted by atomic mass is 16.2. The minimum Gasteiger partial charge on any atom is -0.319 e. The summed E-state index contributed by atoms with van der Waals surface area (Å²) in [7, 11) is 0. The van der Waals surface area contributed by atoms with Gasteiger partial charge < -0.3 is 5.32 Å². The number of carbonyl (C=O) groups excluding carboxylic acids is 1. The van der Waals surface area contributed by atoms with Crippen molar-refractivity contribution < 1.29 is 4.79 Å². The van der Waals surface area contributed by atoms with Gasteiger partial charge in [-0.15, -0.1) is 0 Å². The molecule has 5 heteroatoms. The standard InChI is InChI=1S/C24H26N4O/c1-2-3-9-14-28-23(18-10-5-4-6-11-18)16-22(27-28)24(29)26-20-15-19-12-7-8-13-21(19)25-17-20/h4-8,10-13,15,17,23H,2-3,9,14,16H2,1H3,(H,26,29). The van der Waals surface area contributed by atoms with Gasteiger partial charge in [-0.1, -0.05) is 68.3 Å². The Hall–Kier alpha value is -3.21. The molecule has 1 amide bonds. The van der Waals surface area contributed by atoms with Crippen molar-refractivity contribution in [1.29, 1.82) is 0 Å². The van der Waals surface area contributed by atoms with Gasteiger partial charge >= 0.3 is 0 Å². The van der Waals surface area contributed by atoms with Crippen LogP contribution >= 0.6 is 0 Å². The van der Waals surface area contributed by atoms with Gasteiger partial charge in [0.2, 0.25) is 0 Å². The van der Waals surface area contributed by atoms with Gasteiger partial charge in [-0.3, -0.25) is 14.8 Å². The Labute approximate surface area is 171 Å². The molecule has 1 aromatic heterocycles. The number of anilines is 1. The van der Waals surface area contributed by atoms with Gasteiger partial charge in [0.1, 0.15) is 5.71 Å². The number of hydrogen-bond acceptors (Lipinski definition) is 4. The number of para-hydroxylation sites is 1. The fraction of sp³-hybridized carbons (Fsp3) is 0.292. The highest BCUT2D eigenvalue weighted by Gasteiger charge is 2.31. The van der Waals surface area contributed by atoms with Gasteiger partial charge in [0.25, 0.3) is 5.91 Å². The number of carbonyl (C=O) groups is 1. The number of nitrogens with zero attached hydrogens (tertiary/aromatic N) is 3. The maximum Gasteiger partial charge on any atom is 0.271 e. The summed E-state index contributed by atoms with van der Waals surface area (Å²) in [6.45, 7) is 3.06. The zero-order valence-corrected chi connectivity index (χ0v) is 16.7. The highest BCUT2D eigenvalue weighted by molar-refractivity contribution is 6.43. The molecular weight excluding hydrogens is 360 g/mol. The topological polar surface area (TPSA) is 57.6 Å². The summed E-state index contributed by atoms with van der Waals surface area (Å²) in [4.78, 5) is 17.3. The molecule has 2 heterocycles. The van der Waals surface area contributed by atoms with E-state index in [0.717, 1.165) is 36.7 Å². The van der Waals surface area contributed by atoms with E-state index in [1.807, 2.05) is 48.5 Å². The van der Waals surface area contributed by atoms with Gasteiger partial charge in [0.05, 0.1) is 23.4 Å². The van der Waals surface area contributed by atoms with E-state index in [1.165, 1.54) is 5.56 Å². The smallest absolute Gasteiger partial charge is 0.271 e. The molecule has 0 aliphatic carbocycles. The van der Waals surface area contributed by atoms with E-state index in [2.05, 4.69) is 34.4 Å². The highest BCUT2D eigenvalue weighted by Crippen LogP contribution is 2.31. The van der Waals surface area contributed by atoms with Crippen LogP contribution in [0, 0.1) is 0 Å². The number of rotatable bonds is 7. The van der Waals surface area contributed by atoms with Gasteiger partial charge in [-0.25, -0.2) is 0 Å². The van der Waals surface area contributed by atoms with Crippen LogP contribution in [0.4, 0.5) is 5.69 Å². The van der Waals surface area contributed by atoms with Crippen LogP contribution in [0.15, 0.2) is 72.0 Å². The minimum atomic E-state index is -0.152. The van der Waals surface area contributed by atoms with Crippen molar-refractivity contribution in [3.05, 3.63) is 72.4 Å². The lowest BCUT2D eigenvalue weighted by molar-refractivity contribution is -0.110. The Morgan fingerprint density at radius 3 is 2.72 bits per heavy atom. The lowest BCUT2D eigenvalue weighted by atomic mass is 10.0. The fourth-order valence-electron chi connectivity index (χ4n) is 3.73. The fourth-order valence-corrected chi connectivity index (χ4v) is 3.73. The quantitative estimate of drug-likeness (QED) is 0.570. The molecule has 1 unspecified atom stereocenters. The predicted octanol–water partition coefficient (Wildman–Crippen LogP) is 5.17. The summed E-state index contributed by atoms with van der Waals surface area (Å²) in [5.74, 6) is -0.152. The van der Waals surface area contributed by atoms with E-state index in [9.17, 15) is 4.79 Å². The van der Waals surface area contributed by atoms with E-state index in [4.69, 9.17) is 5.10 Å². The third-order valence-corrected chi connectivity index (χ3v) is 5.28. The number of hydrogen-bond donors (Lipinski definition) is 1. The number of aromatic nitrogens is 1. The minimum absolute atomic E-state index is 0.114. The Kier molecular flexibility index (Phi) is 5.84. The molecule has 1 N–H and O–H groups in total. The van der Waals surface area contributed by atoms with Crippen molar-refractivity contribution >= 4 is 28.2 Å². The van der Waals surface area contributed by atoms with Crippen LogP contribution in [0.25, 0.3) is 10.9 Å². The molecule has 148 valence electrons. The second kappa shape index (κ2) is 8.86. The van der Waals surface area contributed by atoms with Gasteiger partial charge in [-0.2, -0.15) is 5.10 Å². The summed E-state index contributed by atoms with van der Waals surface area (Å²) >= 11 is 0. The number of hydrazone groups is 1. The molecule has 0 saturated carbocycles. The van der Waals surface area contributed by atoms with Crippen molar-refractivity contribution in [2.45, 2.75) is 38.6 Å². The van der Waals surface area contributed by atoms with E-state index >= 15 is 0 Å². The molecule has 5 nitrogen and oxygen atoms in total. The molecule has 1 aliphatic rings. The molecule has 0 bridgehead atoms. The van der Waals surface area contributed by atoms with Crippen LogP contribution in [0.1, 0.15) is 44.2 Å².